The maximum atomic E-state index is 12.0. The van der Waals surface area contributed by atoms with E-state index in [1.165, 1.54) is 0 Å². The van der Waals surface area contributed by atoms with Crippen molar-refractivity contribution in [3.8, 4) is 0 Å². The number of rotatable bonds is 4. The molecule has 0 aliphatic carbocycles. The van der Waals surface area contributed by atoms with Gasteiger partial charge in [0.2, 0.25) is 0 Å². The second-order valence-electron chi connectivity index (χ2n) is 5.03. The summed E-state index contributed by atoms with van der Waals surface area (Å²) in [5.41, 5.74) is 2.64. The van der Waals surface area contributed by atoms with Crippen molar-refractivity contribution >= 4 is 17.1 Å². The molecule has 2 aromatic rings. The molecular weight excluding hydrogens is 254 g/mol. The Kier molecular flexibility index (Phi) is 3.69. The van der Waals surface area contributed by atoms with Crippen LogP contribution < -0.4 is 4.90 Å². The number of ketones is 1. The van der Waals surface area contributed by atoms with Crippen molar-refractivity contribution in [3.63, 3.8) is 0 Å². The molecule has 5 nitrogen and oxygen atoms in total. The summed E-state index contributed by atoms with van der Waals surface area (Å²) in [6, 6.07) is 4.08. The number of imidazole rings is 1. The number of anilines is 1. The van der Waals surface area contributed by atoms with Crippen LogP contribution in [0, 0.1) is 0 Å². The molecule has 0 aromatic carbocycles. The number of carbonyl (C=O) groups is 1. The van der Waals surface area contributed by atoms with E-state index >= 15 is 0 Å². The Morgan fingerprint density at radius 3 is 2.95 bits per heavy atom. The molecule has 0 unspecified atom stereocenters. The monoisotopic (exact) mass is 273 g/mol. The van der Waals surface area contributed by atoms with Crippen molar-refractivity contribution in [3.05, 3.63) is 30.2 Å². The summed E-state index contributed by atoms with van der Waals surface area (Å²) in [6.07, 6.45) is 5.05. The van der Waals surface area contributed by atoms with E-state index in [1.54, 1.807) is 6.20 Å². The number of carbonyl (C=O) groups excluding carboxylic acids is 1. The van der Waals surface area contributed by atoms with Gasteiger partial charge in [0.25, 0.3) is 0 Å². The fourth-order valence-corrected chi connectivity index (χ4v) is 2.55. The van der Waals surface area contributed by atoms with Gasteiger partial charge in [0.1, 0.15) is 11.3 Å². The zero-order valence-corrected chi connectivity index (χ0v) is 11.7. The molecule has 3 heterocycles. The van der Waals surface area contributed by atoms with Gasteiger partial charge in [-0.05, 0) is 12.5 Å². The van der Waals surface area contributed by atoms with Crippen LogP contribution in [0.25, 0.3) is 5.65 Å². The van der Waals surface area contributed by atoms with E-state index in [-0.39, 0.29) is 5.78 Å². The molecule has 20 heavy (non-hydrogen) atoms. The van der Waals surface area contributed by atoms with Crippen LogP contribution in [0.4, 0.5) is 5.69 Å². The van der Waals surface area contributed by atoms with Gasteiger partial charge in [-0.1, -0.05) is 6.92 Å². The summed E-state index contributed by atoms with van der Waals surface area (Å²) in [6.45, 7) is 5.34. The second-order valence-corrected chi connectivity index (χ2v) is 5.03. The van der Waals surface area contributed by atoms with E-state index in [9.17, 15) is 4.79 Å². The third-order valence-electron chi connectivity index (χ3n) is 3.64. The van der Waals surface area contributed by atoms with Crippen molar-refractivity contribution in [1.29, 1.82) is 0 Å². The summed E-state index contributed by atoms with van der Waals surface area (Å²) >= 11 is 0. The van der Waals surface area contributed by atoms with Gasteiger partial charge in [0, 0.05) is 37.5 Å². The highest BCUT2D eigenvalue weighted by Crippen LogP contribution is 2.19. The van der Waals surface area contributed by atoms with Gasteiger partial charge in [0.05, 0.1) is 19.4 Å². The van der Waals surface area contributed by atoms with Gasteiger partial charge < -0.3 is 9.64 Å². The van der Waals surface area contributed by atoms with Crippen LogP contribution in [-0.2, 0) is 4.74 Å². The summed E-state index contributed by atoms with van der Waals surface area (Å²) in [5, 5.41) is 0. The highest BCUT2D eigenvalue weighted by Gasteiger charge is 2.14. The van der Waals surface area contributed by atoms with Gasteiger partial charge in [-0.15, -0.1) is 0 Å². The number of nitrogens with zero attached hydrogens (tertiary/aromatic N) is 3. The molecule has 1 saturated heterocycles. The van der Waals surface area contributed by atoms with Gasteiger partial charge in [0.15, 0.2) is 5.78 Å². The number of fused-ring (bicyclic) bond motifs is 1. The average Bonchev–Trinajstić information content (AvgIpc) is 2.91. The van der Waals surface area contributed by atoms with Crippen LogP contribution in [0.2, 0.25) is 0 Å². The Morgan fingerprint density at radius 1 is 1.40 bits per heavy atom. The zero-order chi connectivity index (χ0) is 13.9. The lowest BCUT2D eigenvalue weighted by Gasteiger charge is -2.28. The van der Waals surface area contributed by atoms with Crippen LogP contribution in [0.5, 0.6) is 0 Å². The first-order valence-electron chi connectivity index (χ1n) is 7.12. The first kappa shape index (κ1) is 13.1. The average molecular weight is 273 g/mol. The van der Waals surface area contributed by atoms with E-state index in [0.717, 1.165) is 44.1 Å². The van der Waals surface area contributed by atoms with Crippen LogP contribution in [0.3, 0.4) is 0 Å². The van der Waals surface area contributed by atoms with E-state index in [2.05, 4.69) is 9.88 Å². The van der Waals surface area contributed by atoms with Gasteiger partial charge in [-0.2, -0.15) is 0 Å². The molecule has 0 bridgehead atoms. The Hall–Kier alpha value is -1.88. The van der Waals surface area contributed by atoms with E-state index < -0.39 is 0 Å². The highest BCUT2D eigenvalue weighted by atomic mass is 16.5. The molecule has 0 spiro atoms. The number of ether oxygens (including phenoxy) is 1. The van der Waals surface area contributed by atoms with E-state index in [4.69, 9.17) is 4.74 Å². The molecule has 2 aromatic heterocycles. The molecule has 0 atom stereocenters. The highest BCUT2D eigenvalue weighted by molar-refractivity contribution is 5.95. The lowest BCUT2D eigenvalue weighted by molar-refractivity contribution is 0.0976. The Balaban J connectivity index is 1.91. The van der Waals surface area contributed by atoms with Crippen molar-refractivity contribution in [2.24, 2.45) is 0 Å². The lowest BCUT2D eigenvalue weighted by atomic mass is 10.2. The molecule has 1 aliphatic rings. The maximum Gasteiger partial charge on any atom is 0.181 e. The van der Waals surface area contributed by atoms with Gasteiger partial charge in [-0.3, -0.25) is 9.20 Å². The molecule has 0 amide bonds. The summed E-state index contributed by atoms with van der Waals surface area (Å²) in [7, 11) is 0. The van der Waals surface area contributed by atoms with E-state index in [0.29, 0.717) is 12.1 Å². The van der Waals surface area contributed by atoms with Crippen LogP contribution in [0.15, 0.2) is 24.5 Å². The summed E-state index contributed by atoms with van der Waals surface area (Å²) in [5.74, 6) is 0.152. The smallest absolute Gasteiger partial charge is 0.181 e. The standard InChI is InChI=1S/C15H19N3O2/c1-2-3-14(19)13-11-16-15-10-12(4-5-18(13)15)17-6-8-20-9-7-17/h4-5,10-11H,2-3,6-9H2,1H3. The SMILES string of the molecule is CCCC(=O)c1cnc2cc(N3CCOCC3)ccn12. The largest absolute Gasteiger partial charge is 0.378 e. The van der Waals surface area contributed by atoms with Crippen molar-refractivity contribution in [2.45, 2.75) is 19.8 Å². The number of hydrogen-bond donors (Lipinski definition) is 0. The fraction of sp³-hybridized carbons (Fsp3) is 0.467. The summed E-state index contributed by atoms with van der Waals surface area (Å²) < 4.78 is 7.24. The summed E-state index contributed by atoms with van der Waals surface area (Å²) in [4.78, 5) is 18.7. The minimum atomic E-state index is 0.152. The predicted molar refractivity (Wildman–Crippen MR) is 77.5 cm³/mol. The Bertz CT molecular complexity index is 615. The Morgan fingerprint density at radius 2 is 2.20 bits per heavy atom. The molecule has 106 valence electrons. The maximum absolute atomic E-state index is 12.0. The molecule has 5 heteroatoms. The molecule has 0 N–H and O–H groups in total. The third kappa shape index (κ3) is 2.41. The minimum Gasteiger partial charge on any atom is -0.378 e. The minimum absolute atomic E-state index is 0.152. The molecule has 0 radical (unpaired) electrons. The topological polar surface area (TPSA) is 46.8 Å². The second kappa shape index (κ2) is 5.63. The third-order valence-corrected chi connectivity index (χ3v) is 3.64. The zero-order valence-electron chi connectivity index (χ0n) is 11.7. The van der Waals surface area contributed by atoms with Gasteiger partial charge in [-0.25, -0.2) is 4.98 Å². The van der Waals surface area contributed by atoms with Crippen LogP contribution in [0.1, 0.15) is 30.3 Å². The van der Waals surface area contributed by atoms with Gasteiger partial charge >= 0.3 is 0 Å². The fourth-order valence-electron chi connectivity index (χ4n) is 2.55. The van der Waals surface area contributed by atoms with Crippen molar-refractivity contribution in [1.82, 2.24) is 9.38 Å². The molecule has 1 aliphatic heterocycles. The number of morpholine rings is 1. The number of pyridine rings is 1. The molecule has 0 saturated carbocycles. The van der Waals surface area contributed by atoms with Crippen molar-refractivity contribution in [2.75, 3.05) is 31.2 Å². The first-order valence-corrected chi connectivity index (χ1v) is 7.12. The normalized spacial score (nSPS) is 15.8. The number of hydrogen-bond acceptors (Lipinski definition) is 4. The van der Waals surface area contributed by atoms with Crippen molar-refractivity contribution < 1.29 is 9.53 Å². The Labute approximate surface area is 118 Å². The number of Topliss-reactive ketones (excluding diaryl/α,β-unsaturated/α-hetero) is 1. The molecule has 3 rings (SSSR count). The molecular formula is C15H19N3O2. The van der Waals surface area contributed by atoms with Crippen LogP contribution >= 0.6 is 0 Å². The first-order chi connectivity index (χ1) is 9.79. The lowest BCUT2D eigenvalue weighted by Crippen LogP contribution is -2.36. The quantitative estimate of drug-likeness (QED) is 0.801. The predicted octanol–water partition coefficient (Wildman–Crippen LogP) is 2.15. The molecule has 1 fully saturated rings. The van der Waals surface area contributed by atoms with E-state index in [1.807, 2.05) is 29.7 Å². The number of aromatic nitrogens is 2. The van der Waals surface area contributed by atoms with Crippen LogP contribution in [-0.4, -0.2) is 41.5 Å².